The molecule has 0 radical (unpaired) electrons. The van der Waals surface area contributed by atoms with Crippen LogP contribution in [0.2, 0.25) is 0 Å². The zero-order chi connectivity index (χ0) is 13.8. The van der Waals surface area contributed by atoms with Gasteiger partial charge in [-0.15, -0.1) is 6.58 Å². The fraction of sp³-hybridized carbons (Fsp3) is 0.400. The fourth-order valence-electron chi connectivity index (χ4n) is 2.15. The number of carboxylic acids is 1. The molecule has 0 aliphatic heterocycles. The van der Waals surface area contributed by atoms with Crippen molar-refractivity contribution in [1.82, 2.24) is 0 Å². The van der Waals surface area contributed by atoms with Gasteiger partial charge in [-0.05, 0) is 37.0 Å². The molecule has 1 aromatic carbocycles. The van der Waals surface area contributed by atoms with Crippen molar-refractivity contribution in [2.75, 3.05) is 7.11 Å². The van der Waals surface area contributed by atoms with Gasteiger partial charge in [0, 0.05) is 0 Å². The lowest BCUT2D eigenvalue weighted by atomic mass is 9.82. The summed E-state index contributed by atoms with van der Waals surface area (Å²) in [5, 5.41) is 8.84. The molecule has 1 fully saturated rings. The number of benzene rings is 1. The summed E-state index contributed by atoms with van der Waals surface area (Å²) < 4.78 is 11.1. The standard InChI is InChI=1S/C15H18O4/c1-3-4-10-5-6-13(18-2)14(7-10)19-12-8-11(9-12)15(16)17/h3,5-7,11-12H,1,4,8-9H2,2H3,(H,16,17). The molecule has 19 heavy (non-hydrogen) atoms. The van der Waals surface area contributed by atoms with Crippen LogP contribution >= 0.6 is 0 Å². The maximum absolute atomic E-state index is 10.8. The van der Waals surface area contributed by atoms with Gasteiger partial charge in [0.25, 0.3) is 0 Å². The number of hydrogen-bond donors (Lipinski definition) is 1. The van der Waals surface area contributed by atoms with Crippen molar-refractivity contribution in [2.24, 2.45) is 5.92 Å². The van der Waals surface area contributed by atoms with E-state index in [1.54, 1.807) is 7.11 Å². The number of hydrogen-bond acceptors (Lipinski definition) is 3. The second kappa shape index (κ2) is 5.78. The molecule has 2 rings (SSSR count). The third kappa shape index (κ3) is 3.08. The van der Waals surface area contributed by atoms with Crippen molar-refractivity contribution in [3.63, 3.8) is 0 Å². The Labute approximate surface area is 112 Å². The fourth-order valence-corrected chi connectivity index (χ4v) is 2.15. The molecule has 1 aromatic rings. The van der Waals surface area contributed by atoms with Crippen molar-refractivity contribution in [1.29, 1.82) is 0 Å². The Morgan fingerprint density at radius 1 is 1.47 bits per heavy atom. The van der Waals surface area contributed by atoms with Crippen molar-refractivity contribution >= 4 is 5.97 Å². The highest BCUT2D eigenvalue weighted by Gasteiger charge is 2.36. The van der Waals surface area contributed by atoms with Crippen LogP contribution in [0.15, 0.2) is 30.9 Å². The van der Waals surface area contributed by atoms with E-state index in [2.05, 4.69) is 6.58 Å². The van der Waals surface area contributed by atoms with Crippen molar-refractivity contribution in [3.8, 4) is 11.5 Å². The van der Waals surface area contributed by atoms with Gasteiger partial charge in [-0.2, -0.15) is 0 Å². The molecule has 0 spiro atoms. The first-order valence-corrected chi connectivity index (χ1v) is 6.31. The Bertz CT molecular complexity index is 475. The van der Waals surface area contributed by atoms with Crippen LogP contribution < -0.4 is 9.47 Å². The van der Waals surface area contributed by atoms with Crippen LogP contribution in [0.1, 0.15) is 18.4 Å². The third-order valence-electron chi connectivity index (χ3n) is 3.35. The average molecular weight is 262 g/mol. The van der Waals surface area contributed by atoms with Crippen molar-refractivity contribution in [2.45, 2.75) is 25.4 Å². The maximum Gasteiger partial charge on any atom is 0.306 e. The zero-order valence-electron chi connectivity index (χ0n) is 11.0. The van der Waals surface area contributed by atoms with Gasteiger partial charge in [-0.25, -0.2) is 0 Å². The second-order valence-corrected chi connectivity index (χ2v) is 4.72. The molecular formula is C15H18O4. The predicted molar refractivity (Wildman–Crippen MR) is 71.7 cm³/mol. The van der Waals surface area contributed by atoms with Crippen molar-refractivity contribution in [3.05, 3.63) is 36.4 Å². The minimum atomic E-state index is -0.743. The lowest BCUT2D eigenvalue weighted by Gasteiger charge is -2.32. The Morgan fingerprint density at radius 2 is 2.21 bits per heavy atom. The molecule has 0 unspecified atom stereocenters. The SMILES string of the molecule is C=CCc1ccc(OC)c(OC2CC(C(=O)O)C2)c1. The number of aliphatic carboxylic acids is 1. The van der Waals surface area contributed by atoms with E-state index in [0.29, 0.717) is 24.3 Å². The van der Waals surface area contributed by atoms with Gasteiger partial charge >= 0.3 is 5.97 Å². The Balaban J connectivity index is 2.04. The van der Waals surface area contributed by atoms with E-state index in [1.807, 2.05) is 24.3 Å². The Hall–Kier alpha value is -1.97. The quantitative estimate of drug-likeness (QED) is 0.801. The van der Waals surface area contributed by atoms with Gasteiger partial charge in [0.2, 0.25) is 0 Å². The number of ether oxygens (including phenoxy) is 2. The van der Waals surface area contributed by atoms with Gasteiger partial charge in [0.1, 0.15) is 6.10 Å². The van der Waals surface area contributed by atoms with Crippen LogP contribution in [0.25, 0.3) is 0 Å². The van der Waals surface area contributed by atoms with Crippen LogP contribution in [-0.4, -0.2) is 24.3 Å². The summed E-state index contributed by atoms with van der Waals surface area (Å²) in [5.74, 6) is 0.335. The summed E-state index contributed by atoms with van der Waals surface area (Å²) in [4.78, 5) is 10.8. The molecule has 4 heteroatoms. The average Bonchev–Trinajstić information content (AvgIpc) is 2.33. The first-order chi connectivity index (χ1) is 9.13. The van der Waals surface area contributed by atoms with Gasteiger partial charge in [0.05, 0.1) is 13.0 Å². The van der Waals surface area contributed by atoms with E-state index in [1.165, 1.54) is 0 Å². The van der Waals surface area contributed by atoms with Crippen LogP contribution in [0, 0.1) is 5.92 Å². The highest BCUT2D eigenvalue weighted by molar-refractivity contribution is 5.71. The van der Waals surface area contributed by atoms with E-state index in [-0.39, 0.29) is 12.0 Å². The molecule has 0 atom stereocenters. The molecule has 0 heterocycles. The molecule has 0 amide bonds. The molecule has 0 bridgehead atoms. The zero-order valence-corrected chi connectivity index (χ0v) is 11.0. The molecule has 4 nitrogen and oxygen atoms in total. The molecule has 102 valence electrons. The normalized spacial score (nSPS) is 21.3. The summed E-state index contributed by atoms with van der Waals surface area (Å²) in [5.41, 5.74) is 1.10. The minimum Gasteiger partial charge on any atom is -0.493 e. The van der Waals surface area contributed by atoms with Crippen LogP contribution in [0.5, 0.6) is 11.5 Å². The van der Waals surface area contributed by atoms with E-state index in [4.69, 9.17) is 14.6 Å². The number of rotatable bonds is 6. The summed E-state index contributed by atoms with van der Waals surface area (Å²) in [6, 6.07) is 5.75. The smallest absolute Gasteiger partial charge is 0.306 e. The van der Waals surface area contributed by atoms with Crippen LogP contribution in [-0.2, 0) is 11.2 Å². The first kappa shape index (κ1) is 13.5. The topological polar surface area (TPSA) is 55.8 Å². The third-order valence-corrected chi connectivity index (χ3v) is 3.35. The highest BCUT2D eigenvalue weighted by Crippen LogP contribution is 2.36. The molecule has 0 saturated heterocycles. The van der Waals surface area contributed by atoms with Gasteiger partial charge in [-0.3, -0.25) is 4.79 Å². The molecule has 1 saturated carbocycles. The lowest BCUT2D eigenvalue weighted by Crippen LogP contribution is -2.38. The lowest BCUT2D eigenvalue weighted by molar-refractivity contribution is -0.147. The van der Waals surface area contributed by atoms with Gasteiger partial charge in [0.15, 0.2) is 11.5 Å². The highest BCUT2D eigenvalue weighted by atomic mass is 16.5. The molecule has 0 aromatic heterocycles. The summed E-state index contributed by atoms with van der Waals surface area (Å²) in [6.45, 7) is 3.71. The molecule has 1 aliphatic rings. The van der Waals surface area contributed by atoms with Crippen molar-refractivity contribution < 1.29 is 19.4 Å². The van der Waals surface area contributed by atoms with E-state index in [9.17, 15) is 4.79 Å². The number of allylic oxidation sites excluding steroid dienone is 1. The summed E-state index contributed by atoms with van der Waals surface area (Å²) >= 11 is 0. The minimum absolute atomic E-state index is 0.0334. The van der Waals surface area contributed by atoms with Crippen LogP contribution in [0.4, 0.5) is 0 Å². The van der Waals surface area contributed by atoms with E-state index < -0.39 is 5.97 Å². The summed E-state index contributed by atoms with van der Waals surface area (Å²) in [7, 11) is 1.59. The number of methoxy groups -OCH3 is 1. The molecule has 1 aliphatic carbocycles. The van der Waals surface area contributed by atoms with Gasteiger partial charge < -0.3 is 14.6 Å². The first-order valence-electron chi connectivity index (χ1n) is 6.31. The van der Waals surface area contributed by atoms with Crippen LogP contribution in [0.3, 0.4) is 0 Å². The predicted octanol–water partition coefficient (Wildman–Crippen LogP) is 2.67. The largest absolute Gasteiger partial charge is 0.493 e. The monoisotopic (exact) mass is 262 g/mol. The number of carboxylic acid groups (broad SMARTS) is 1. The van der Waals surface area contributed by atoms with E-state index >= 15 is 0 Å². The molecule has 1 N–H and O–H groups in total. The number of carbonyl (C=O) groups is 1. The summed E-state index contributed by atoms with van der Waals surface area (Å²) in [6.07, 6.45) is 3.68. The molecular weight excluding hydrogens is 244 g/mol. The van der Waals surface area contributed by atoms with Gasteiger partial charge in [-0.1, -0.05) is 12.1 Å². The van der Waals surface area contributed by atoms with E-state index in [0.717, 1.165) is 12.0 Å². The second-order valence-electron chi connectivity index (χ2n) is 4.72. The maximum atomic E-state index is 10.8. The Kier molecular flexibility index (Phi) is 4.10. The Morgan fingerprint density at radius 3 is 2.79 bits per heavy atom.